The fraction of sp³-hybridized carbons (Fsp3) is 0.167. The van der Waals surface area contributed by atoms with Gasteiger partial charge in [0.25, 0.3) is 5.91 Å². The number of aromatic carboxylic acids is 1. The van der Waals surface area contributed by atoms with Crippen molar-refractivity contribution >= 4 is 11.9 Å². The van der Waals surface area contributed by atoms with Gasteiger partial charge in [0.1, 0.15) is 5.69 Å². The fourth-order valence-electron chi connectivity index (χ4n) is 1.55. The van der Waals surface area contributed by atoms with Gasteiger partial charge in [-0.2, -0.15) is 0 Å². The first-order valence-corrected chi connectivity index (χ1v) is 5.50. The van der Waals surface area contributed by atoms with Crippen LogP contribution in [0.3, 0.4) is 0 Å². The summed E-state index contributed by atoms with van der Waals surface area (Å²) in [5, 5.41) is 11.5. The van der Waals surface area contributed by atoms with Crippen molar-refractivity contribution < 1.29 is 14.7 Å². The molecule has 0 aromatic carbocycles. The van der Waals surface area contributed by atoms with Crippen molar-refractivity contribution in [1.29, 1.82) is 0 Å². The smallest absolute Gasteiger partial charge is 0.335 e. The molecule has 0 aliphatic rings. The molecule has 0 saturated heterocycles. The maximum atomic E-state index is 11.8. The highest BCUT2D eigenvalue weighted by atomic mass is 16.4. The highest BCUT2D eigenvalue weighted by Gasteiger charge is 2.10. The Morgan fingerprint density at radius 2 is 2.26 bits per heavy atom. The molecule has 0 saturated carbocycles. The van der Waals surface area contributed by atoms with E-state index in [1.54, 1.807) is 11.6 Å². The minimum absolute atomic E-state index is 0.139. The van der Waals surface area contributed by atoms with Crippen LogP contribution in [0.5, 0.6) is 0 Å². The summed E-state index contributed by atoms with van der Waals surface area (Å²) in [5.74, 6) is -1.32. The van der Waals surface area contributed by atoms with E-state index in [0.717, 1.165) is 0 Å². The Balaban J connectivity index is 2.03. The number of amides is 1. The second kappa shape index (κ2) is 5.30. The molecule has 0 aliphatic heterocycles. The van der Waals surface area contributed by atoms with Crippen LogP contribution in [-0.4, -0.2) is 31.5 Å². The zero-order valence-corrected chi connectivity index (χ0v) is 10.2. The summed E-state index contributed by atoms with van der Waals surface area (Å²) in [4.78, 5) is 30.4. The van der Waals surface area contributed by atoms with Crippen molar-refractivity contribution in [2.45, 2.75) is 6.54 Å². The second-order valence-corrected chi connectivity index (χ2v) is 3.91. The molecular formula is C12H12N4O3. The molecule has 19 heavy (non-hydrogen) atoms. The van der Waals surface area contributed by atoms with Crippen LogP contribution in [0.2, 0.25) is 0 Å². The van der Waals surface area contributed by atoms with E-state index in [4.69, 9.17) is 5.11 Å². The summed E-state index contributed by atoms with van der Waals surface area (Å²) in [6, 6.07) is 2.82. The quantitative estimate of drug-likeness (QED) is 0.831. The molecule has 0 radical (unpaired) electrons. The van der Waals surface area contributed by atoms with Gasteiger partial charge in [-0.15, -0.1) is 0 Å². The van der Waals surface area contributed by atoms with Crippen LogP contribution >= 0.6 is 0 Å². The third-order valence-electron chi connectivity index (χ3n) is 2.54. The van der Waals surface area contributed by atoms with Gasteiger partial charge in [-0.25, -0.2) is 9.78 Å². The number of carboxylic acid groups (broad SMARTS) is 1. The highest BCUT2D eigenvalue weighted by molar-refractivity contribution is 5.92. The second-order valence-electron chi connectivity index (χ2n) is 3.91. The predicted molar refractivity (Wildman–Crippen MR) is 65.6 cm³/mol. The zero-order chi connectivity index (χ0) is 13.8. The molecule has 7 heteroatoms. The third kappa shape index (κ3) is 2.95. The Labute approximate surface area is 108 Å². The van der Waals surface area contributed by atoms with Gasteiger partial charge < -0.3 is 15.0 Å². The number of carbonyl (C=O) groups is 2. The summed E-state index contributed by atoms with van der Waals surface area (Å²) in [6.45, 7) is 0.158. The number of hydrogen-bond acceptors (Lipinski definition) is 4. The molecule has 98 valence electrons. The van der Waals surface area contributed by atoms with Gasteiger partial charge >= 0.3 is 5.97 Å². The molecule has 0 atom stereocenters. The molecule has 0 aliphatic carbocycles. The van der Waals surface area contributed by atoms with Crippen LogP contribution in [0.4, 0.5) is 0 Å². The summed E-state index contributed by atoms with van der Waals surface area (Å²) in [6.07, 6.45) is 4.38. The van der Waals surface area contributed by atoms with Crippen LogP contribution in [0.1, 0.15) is 26.5 Å². The normalized spacial score (nSPS) is 10.2. The average Bonchev–Trinajstić information content (AvgIpc) is 2.82. The first kappa shape index (κ1) is 12.7. The van der Waals surface area contributed by atoms with E-state index >= 15 is 0 Å². The Hall–Kier alpha value is -2.70. The van der Waals surface area contributed by atoms with E-state index in [9.17, 15) is 9.59 Å². The van der Waals surface area contributed by atoms with Gasteiger partial charge in [0, 0.05) is 13.2 Å². The van der Waals surface area contributed by atoms with Crippen molar-refractivity contribution in [3.8, 4) is 0 Å². The lowest BCUT2D eigenvalue weighted by atomic mass is 10.2. The number of aromatic nitrogens is 3. The lowest BCUT2D eigenvalue weighted by Crippen LogP contribution is -2.25. The van der Waals surface area contributed by atoms with Gasteiger partial charge in [0.2, 0.25) is 0 Å². The van der Waals surface area contributed by atoms with E-state index in [-0.39, 0.29) is 18.0 Å². The molecule has 0 spiro atoms. The molecule has 2 rings (SSSR count). The van der Waals surface area contributed by atoms with Crippen LogP contribution < -0.4 is 5.32 Å². The Morgan fingerprint density at radius 3 is 2.89 bits per heavy atom. The monoisotopic (exact) mass is 260 g/mol. The van der Waals surface area contributed by atoms with E-state index in [2.05, 4.69) is 15.3 Å². The number of carboxylic acids is 1. The van der Waals surface area contributed by atoms with Crippen LogP contribution in [0.25, 0.3) is 0 Å². The lowest BCUT2D eigenvalue weighted by Gasteiger charge is -2.05. The molecule has 1 amide bonds. The third-order valence-corrected chi connectivity index (χ3v) is 2.54. The van der Waals surface area contributed by atoms with Gasteiger partial charge in [-0.1, -0.05) is 0 Å². The maximum absolute atomic E-state index is 11.8. The molecule has 2 heterocycles. The van der Waals surface area contributed by atoms with E-state index in [1.165, 1.54) is 30.9 Å². The van der Waals surface area contributed by atoms with Gasteiger partial charge in [-0.05, 0) is 12.1 Å². The summed E-state index contributed by atoms with van der Waals surface area (Å²) in [5.41, 5.74) is 1.05. The van der Waals surface area contributed by atoms with Gasteiger partial charge in [0.05, 0.1) is 30.3 Å². The van der Waals surface area contributed by atoms with Gasteiger partial charge in [0.15, 0.2) is 0 Å². The predicted octanol–water partition coefficient (Wildman–Crippen LogP) is 0.443. The molecule has 7 nitrogen and oxygen atoms in total. The minimum atomic E-state index is -1.03. The summed E-state index contributed by atoms with van der Waals surface area (Å²) < 4.78 is 1.59. The first-order chi connectivity index (χ1) is 9.08. The summed E-state index contributed by atoms with van der Waals surface area (Å²) >= 11 is 0. The summed E-state index contributed by atoms with van der Waals surface area (Å²) in [7, 11) is 1.71. The standard InChI is InChI=1S/C12H12N4O3/c1-16-7-13-6-10(16)11(17)15-5-9-4-8(12(18)19)2-3-14-9/h2-4,6-7H,5H2,1H3,(H,15,17)(H,18,19). The molecule has 2 aromatic heterocycles. The topological polar surface area (TPSA) is 97.1 Å². The number of aryl methyl sites for hydroxylation is 1. The molecule has 0 fully saturated rings. The van der Waals surface area contributed by atoms with E-state index < -0.39 is 5.97 Å². The lowest BCUT2D eigenvalue weighted by molar-refractivity contribution is 0.0696. The van der Waals surface area contributed by atoms with Gasteiger partial charge in [-0.3, -0.25) is 9.78 Å². The fourth-order valence-corrected chi connectivity index (χ4v) is 1.55. The highest BCUT2D eigenvalue weighted by Crippen LogP contribution is 2.02. The first-order valence-electron chi connectivity index (χ1n) is 5.50. The van der Waals surface area contributed by atoms with Crippen LogP contribution in [0.15, 0.2) is 30.9 Å². The van der Waals surface area contributed by atoms with Crippen molar-refractivity contribution in [3.63, 3.8) is 0 Å². The number of pyridine rings is 1. The van der Waals surface area contributed by atoms with Crippen molar-refractivity contribution in [1.82, 2.24) is 19.9 Å². The average molecular weight is 260 g/mol. The molecule has 2 N–H and O–H groups in total. The van der Waals surface area contributed by atoms with Crippen LogP contribution in [0, 0.1) is 0 Å². The Bertz CT molecular complexity index is 621. The SMILES string of the molecule is Cn1cncc1C(=O)NCc1cc(C(=O)O)ccn1. The van der Waals surface area contributed by atoms with E-state index in [0.29, 0.717) is 11.4 Å². The number of nitrogens with one attached hydrogen (secondary N) is 1. The van der Waals surface area contributed by atoms with Crippen molar-refractivity contribution in [2.75, 3.05) is 0 Å². The molecule has 0 bridgehead atoms. The zero-order valence-electron chi connectivity index (χ0n) is 10.2. The molecular weight excluding hydrogens is 248 g/mol. The number of nitrogens with zero attached hydrogens (tertiary/aromatic N) is 3. The number of carbonyl (C=O) groups excluding carboxylic acids is 1. The van der Waals surface area contributed by atoms with Crippen molar-refractivity contribution in [2.24, 2.45) is 7.05 Å². The number of rotatable bonds is 4. The molecule has 0 unspecified atom stereocenters. The Morgan fingerprint density at radius 1 is 1.47 bits per heavy atom. The number of hydrogen-bond donors (Lipinski definition) is 2. The maximum Gasteiger partial charge on any atom is 0.335 e. The van der Waals surface area contributed by atoms with Crippen molar-refractivity contribution in [3.05, 3.63) is 47.8 Å². The molecule has 2 aromatic rings. The van der Waals surface area contributed by atoms with E-state index in [1.807, 2.05) is 0 Å². The Kier molecular flexibility index (Phi) is 3.56. The van der Waals surface area contributed by atoms with Crippen LogP contribution in [-0.2, 0) is 13.6 Å². The largest absolute Gasteiger partial charge is 0.478 e. The minimum Gasteiger partial charge on any atom is -0.478 e. The number of imidazole rings is 1.